The number of aliphatic hydroxyl groups excluding tert-OH is 1. The van der Waals surface area contributed by atoms with Crippen molar-refractivity contribution in [1.29, 1.82) is 0 Å². The van der Waals surface area contributed by atoms with Gasteiger partial charge in [-0.3, -0.25) is 0 Å². The van der Waals surface area contributed by atoms with Gasteiger partial charge in [-0.15, -0.1) is 0 Å². The Morgan fingerprint density at radius 3 is 3.00 bits per heavy atom. The zero-order chi connectivity index (χ0) is 18.1. The molecule has 3 aliphatic rings. The second kappa shape index (κ2) is 7.27. The van der Waals surface area contributed by atoms with Gasteiger partial charge in [0.05, 0.1) is 19.8 Å². The first-order chi connectivity index (χ1) is 12.6. The van der Waals surface area contributed by atoms with Gasteiger partial charge in [-0.05, 0) is 42.6 Å². The van der Waals surface area contributed by atoms with E-state index in [1.807, 2.05) is 20.2 Å². The third-order valence-electron chi connectivity index (χ3n) is 4.92. The summed E-state index contributed by atoms with van der Waals surface area (Å²) in [5.74, 6) is 1.10. The maximum absolute atomic E-state index is 10.4. The molecule has 5 nitrogen and oxygen atoms in total. The zero-order valence-electron chi connectivity index (χ0n) is 15.3. The standard InChI is InChI=1S/C21H25NO4/c1-22(2)7-9-24-20-11-15-10-16(23)12-18-17(19(15)13-26-20)6-5-14-4-3-8-25-21(14)18/h4-6,10,12,20,23H,3,7-9,11,13H2,1-2H3/t20-/m1/s1. The SMILES string of the molecule is CN(C)CCO[C@H]1CC2=CC(O)=Cc3c4c(ccc3=C2CO1)=CCCO4. The van der Waals surface area contributed by atoms with Gasteiger partial charge >= 0.3 is 0 Å². The normalized spacial score (nSPS) is 21.5. The lowest BCUT2D eigenvalue weighted by Crippen LogP contribution is -2.31. The van der Waals surface area contributed by atoms with Crippen LogP contribution < -0.4 is 15.2 Å². The summed E-state index contributed by atoms with van der Waals surface area (Å²) in [7, 11) is 4.04. The van der Waals surface area contributed by atoms with Crippen molar-refractivity contribution in [3.63, 3.8) is 0 Å². The average Bonchev–Trinajstić information content (AvgIpc) is 2.76. The number of ether oxygens (including phenoxy) is 3. The molecule has 1 aromatic rings. The largest absolute Gasteiger partial charge is 0.508 e. The number of benzene rings is 1. The van der Waals surface area contributed by atoms with E-state index < -0.39 is 0 Å². The van der Waals surface area contributed by atoms with Gasteiger partial charge in [-0.2, -0.15) is 0 Å². The molecule has 1 aliphatic carbocycles. The first-order valence-electron chi connectivity index (χ1n) is 9.10. The summed E-state index contributed by atoms with van der Waals surface area (Å²) >= 11 is 0. The van der Waals surface area contributed by atoms with Crippen LogP contribution in [0, 0.1) is 0 Å². The third kappa shape index (κ3) is 3.43. The lowest BCUT2D eigenvalue weighted by Gasteiger charge is -2.28. The monoisotopic (exact) mass is 355 g/mol. The minimum absolute atomic E-state index is 0.243. The topological polar surface area (TPSA) is 51.2 Å². The van der Waals surface area contributed by atoms with Crippen molar-refractivity contribution in [2.24, 2.45) is 0 Å². The fourth-order valence-electron chi connectivity index (χ4n) is 3.59. The highest BCUT2D eigenvalue weighted by atomic mass is 16.7. The first kappa shape index (κ1) is 17.3. The van der Waals surface area contributed by atoms with Gasteiger partial charge in [-0.1, -0.05) is 18.2 Å². The molecule has 26 heavy (non-hydrogen) atoms. The van der Waals surface area contributed by atoms with Crippen LogP contribution in [-0.2, 0) is 9.47 Å². The number of nitrogens with zero attached hydrogens (tertiary/aromatic N) is 1. The molecular weight excluding hydrogens is 330 g/mol. The number of fused-ring (bicyclic) bond motifs is 4. The molecule has 4 rings (SSSR count). The van der Waals surface area contributed by atoms with Crippen LogP contribution in [0.4, 0.5) is 0 Å². The Bertz CT molecular complexity index is 882. The van der Waals surface area contributed by atoms with Crippen molar-refractivity contribution < 1.29 is 19.3 Å². The minimum Gasteiger partial charge on any atom is -0.508 e. The first-order valence-corrected chi connectivity index (χ1v) is 9.10. The number of likely N-dealkylation sites (N-methyl/N-ethyl adjacent to an activating group) is 1. The summed E-state index contributed by atoms with van der Waals surface area (Å²) in [6.07, 6.45) is 7.08. The fourth-order valence-corrected chi connectivity index (χ4v) is 3.59. The van der Waals surface area contributed by atoms with Gasteiger partial charge in [0.25, 0.3) is 0 Å². The highest BCUT2D eigenvalue weighted by Crippen LogP contribution is 2.30. The lowest BCUT2D eigenvalue weighted by molar-refractivity contribution is -0.139. The number of aliphatic hydroxyl groups is 1. The van der Waals surface area contributed by atoms with Crippen LogP contribution in [0.15, 0.2) is 29.5 Å². The summed E-state index contributed by atoms with van der Waals surface area (Å²) in [6, 6.07) is 4.20. The smallest absolute Gasteiger partial charge is 0.162 e. The molecule has 0 bridgehead atoms. The van der Waals surface area contributed by atoms with Crippen LogP contribution in [0.3, 0.4) is 0 Å². The van der Waals surface area contributed by atoms with E-state index in [0.29, 0.717) is 26.2 Å². The second-order valence-corrected chi connectivity index (χ2v) is 7.12. The van der Waals surface area contributed by atoms with Crippen molar-refractivity contribution in [3.05, 3.63) is 45.5 Å². The molecule has 1 N–H and O–H groups in total. The predicted molar refractivity (Wildman–Crippen MR) is 101 cm³/mol. The molecule has 5 heteroatoms. The molecule has 0 aromatic heterocycles. The molecule has 0 amide bonds. The van der Waals surface area contributed by atoms with E-state index in [1.54, 1.807) is 6.08 Å². The molecule has 1 aromatic carbocycles. The van der Waals surface area contributed by atoms with E-state index in [0.717, 1.165) is 45.9 Å². The quantitative estimate of drug-likeness (QED) is 0.888. The van der Waals surface area contributed by atoms with E-state index in [9.17, 15) is 5.11 Å². The minimum atomic E-state index is -0.276. The van der Waals surface area contributed by atoms with Crippen LogP contribution in [0.2, 0.25) is 0 Å². The Hall–Kier alpha value is -2.08. The van der Waals surface area contributed by atoms with Gasteiger partial charge in [0.1, 0.15) is 11.5 Å². The fraction of sp³-hybridized carbons (Fsp3) is 0.429. The van der Waals surface area contributed by atoms with Gasteiger partial charge in [-0.25, -0.2) is 0 Å². The van der Waals surface area contributed by atoms with Crippen LogP contribution >= 0.6 is 0 Å². The summed E-state index contributed by atoms with van der Waals surface area (Å²) < 4.78 is 17.7. The maximum atomic E-state index is 10.4. The Balaban J connectivity index is 1.68. The summed E-state index contributed by atoms with van der Waals surface area (Å²) in [4.78, 5) is 2.08. The molecule has 1 atom stereocenters. The summed E-state index contributed by atoms with van der Waals surface area (Å²) in [5, 5.41) is 12.6. The number of allylic oxidation sites excluding steroid dienone is 1. The molecule has 0 radical (unpaired) electrons. The highest BCUT2D eigenvalue weighted by molar-refractivity contribution is 5.76. The Kier molecular flexibility index (Phi) is 4.85. The van der Waals surface area contributed by atoms with Crippen molar-refractivity contribution in [2.45, 2.75) is 19.1 Å². The van der Waals surface area contributed by atoms with Crippen LogP contribution in [0.5, 0.6) is 5.75 Å². The molecule has 0 saturated carbocycles. The second-order valence-electron chi connectivity index (χ2n) is 7.12. The predicted octanol–water partition coefficient (Wildman–Crippen LogP) is 1.56. The average molecular weight is 355 g/mol. The molecular formula is C21H25NO4. The zero-order valence-corrected chi connectivity index (χ0v) is 15.3. The van der Waals surface area contributed by atoms with E-state index in [4.69, 9.17) is 14.2 Å². The van der Waals surface area contributed by atoms with E-state index >= 15 is 0 Å². The molecule has 2 aliphatic heterocycles. The van der Waals surface area contributed by atoms with Crippen molar-refractivity contribution in [1.82, 2.24) is 4.90 Å². The number of rotatable bonds is 4. The van der Waals surface area contributed by atoms with E-state index in [1.165, 1.54) is 0 Å². The maximum Gasteiger partial charge on any atom is 0.162 e. The van der Waals surface area contributed by atoms with Gasteiger partial charge < -0.3 is 24.2 Å². The Morgan fingerprint density at radius 1 is 1.27 bits per heavy atom. The van der Waals surface area contributed by atoms with E-state index in [-0.39, 0.29) is 12.0 Å². The van der Waals surface area contributed by atoms with Gasteiger partial charge in [0.2, 0.25) is 0 Å². The van der Waals surface area contributed by atoms with Crippen molar-refractivity contribution in [2.75, 3.05) is 40.5 Å². The molecule has 2 heterocycles. The lowest BCUT2D eigenvalue weighted by atomic mass is 9.96. The highest BCUT2D eigenvalue weighted by Gasteiger charge is 2.25. The molecule has 0 unspecified atom stereocenters. The number of hydrogen-bond acceptors (Lipinski definition) is 5. The van der Waals surface area contributed by atoms with Crippen LogP contribution in [0.25, 0.3) is 17.7 Å². The molecule has 138 valence electrons. The third-order valence-corrected chi connectivity index (χ3v) is 4.92. The van der Waals surface area contributed by atoms with E-state index in [2.05, 4.69) is 23.1 Å². The van der Waals surface area contributed by atoms with Crippen LogP contribution in [-0.4, -0.2) is 56.8 Å². The molecule has 0 spiro atoms. The summed E-state index contributed by atoms with van der Waals surface area (Å²) in [5.41, 5.74) is 3.11. The van der Waals surface area contributed by atoms with Gasteiger partial charge in [0, 0.05) is 30.2 Å². The van der Waals surface area contributed by atoms with Crippen molar-refractivity contribution >= 4 is 17.7 Å². The number of hydrogen-bond donors (Lipinski definition) is 1. The van der Waals surface area contributed by atoms with Gasteiger partial charge in [0.15, 0.2) is 6.29 Å². The molecule has 1 fully saturated rings. The van der Waals surface area contributed by atoms with Crippen molar-refractivity contribution in [3.8, 4) is 5.75 Å². The Morgan fingerprint density at radius 2 is 2.15 bits per heavy atom. The summed E-state index contributed by atoms with van der Waals surface area (Å²) in [6.45, 7) is 2.61. The Labute approximate surface area is 153 Å². The van der Waals surface area contributed by atoms with Crippen LogP contribution in [0.1, 0.15) is 18.4 Å². The molecule has 1 saturated heterocycles.